The number of rotatable bonds is 3. The van der Waals surface area contributed by atoms with E-state index in [0.717, 1.165) is 6.42 Å². The summed E-state index contributed by atoms with van der Waals surface area (Å²) in [4.78, 5) is 11.3. The van der Waals surface area contributed by atoms with Crippen LogP contribution in [0.5, 0.6) is 0 Å². The molecule has 106 valence electrons. The standard InChI is InChI=1S/C12H19N3O3S/c1-2-10(7-13)19(17,18)15-6-5-11-9(8-15)3-4-12(16)14-11/h9-11H,2-6,8H2,1H3,(H,14,16). The van der Waals surface area contributed by atoms with Gasteiger partial charge in [0.15, 0.2) is 5.25 Å². The van der Waals surface area contributed by atoms with Gasteiger partial charge in [-0.25, -0.2) is 12.7 Å². The largest absolute Gasteiger partial charge is 0.353 e. The Morgan fingerprint density at radius 1 is 1.53 bits per heavy atom. The lowest BCUT2D eigenvalue weighted by atomic mass is 9.86. The SMILES string of the molecule is CCC(C#N)S(=O)(=O)N1CCC2NC(=O)CCC2C1. The Morgan fingerprint density at radius 3 is 2.89 bits per heavy atom. The summed E-state index contributed by atoms with van der Waals surface area (Å²) in [6.45, 7) is 2.52. The molecule has 2 fully saturated rings. The first-order chi connectivity index (χ1) is 8.98. The zero-order chi connectivity index (χ0) is 14.0. The van der Waals surface area contributed by atoms with Crippen LogP contribution in [0.4, 0.5) is 0 Å². The number of carbonyl (C=O) groups excluding carboxylic acids is 1. The molecule has 1 N–H and O–H groups in total. The lowest BCUT2D eigenvalue weighted by Crippen LogP contribution is -2.56. The van der Waals surface area contributed by atoms with Crippen molar-refractivity contribution in [3.63, 3.8) is 0 Å². The Morgan fingerprint density at radius 2 is 2.26 bits per heavy atom. The van der Waals surface area contributed by atoms with Crippen LogP contribution in [-0.4, -0.2) is 43.0 Å². The number of fused-ring (bicyclic) bond motifs is 1. The second-order valence-electron chi connectivity index (χ2n) is 5.19. The Kier molecular flexibility index (Phi) is 4.11. The molecule has 19 heavy (non-hydrogen) atoms. The summed E-state index contributed by atoms with van der Waals surface area (Å²) >= 11 is 0. The quantitative estimate of drug-likeness (QED) is 0.803. The molecule has 2 rings (SSSR count). The van der Waals surface area contributed by atoms with Crippen LogP contribution in [0.2, 0.25) is 0 Å². The van der Waals surface area contributed by atoms with Crippen LogP contribution in [0.25, 0.3) is 0 Å². The van der Waals surface area contributed by atoms with E-state index in [4.69, 9.17) is 5.26 Å². The highest BCUT2D eigenvalue weighted by molar-refractivity contribution is 7.90. The second-order valence-corrected chi connectivity index (χ2v) is 7.31. The van der Waals surface area contributed by atoms with E-state index in [2.05, 4.69) is 5.32 Å². The monoisotopic (exact) mass is 285 g/mol. The average Bonchev–Trinajstić information content (AvgIpc) is 2.39. The van der Waals surface area contributed by atoms with Crippen LogP contribution in [0.15, 0.2) is 0 Å². The van der Waals surface area contributed by atoms with E-state index >= 15 is 0 Å². The summed E-state index contributed by atoms with van der Waals surface area (Å²) in [5, 5.41) is 10.9. The van der Waals surface area contributed by atoms with E-state index in [-0.39, 0.29) is 17.9 Å². The lowest BCUT2D eigenvalue weighted by Gasteiger charge is -2.41. The Hall–Kier alpha value is -1.13. The minimum atomic E-state index is -3.53. The smallest absolute Gasteiger partial charge is 0.230 e. The fraction of sp³-hybridized carbons (Fsp3) is 0.833. The first kappa shape index (κ1) is 14.3. The Bertz CT molecular complexity index is 497. The minimum Gasteiger partial charge on any atom is -0.353 e. The first-order valence-electron chi connectivity index (χ1n) is 6.67. The maximum atomic E-state index is 12.3. The molecule has 0 aromatic heterocycles. The molecule has 0 aromatic rings. The van der Waals surface area contributed by atoms with Gasteiger partial charge in [0.2, 0.25) is 15.9 Å². The van der Waals surface area contributed by atoms with Crippen molar-refractivity contribution in [1.29, 1.82) is 5.26 Å². The topological polar surface area (TPSA) is 90.3 Å². The third-order valence-electron chi connectivity index (χ3n) is 4.02. The number of carbonyl (C=O) groups is 1. The highest BCUT2D eigenvalue weighted by Crippen LogP contribution is 2.28. The zero-order valence-electron chi connectivity index (χ0n) is 11.0. The summed E-state index contributed by atoms with van der Waals surface area (Å²) in [5.74, 6) is 0.235. The van der Waals surface area contributed by atoms with E-state index in [1.54, 1.807) is 6.92 Å². The number of nitrogens with zero attached hydrogens (tertiary/aromatic N) is 2. The van der Waals surface area contributed by atoms with Crippen molar-refractivity contribution in [3.05, 3.63) is 0 Å². The summed E-state index contributed by atoms with van der Waals surface area (Å²) < 4.78 is 26.0. The molecule has 0 radical (unpaired) electrons. The second kappa shape index (κ2) is 5.47. The third-order valence-corrected chi connectivity index (χ3v) is 6.23. The Labute approximate surface area is 113 Å². The number of hydrogen-bond donors (Lipinski definition) is 1. The molecule has 2 aliphatic rings. The van der Waals surface area contributed by atoms with Crippen molar-refractivity contribution in [2.24, 2.45) is 5.92 Å². The van der Waals surface area contributed by atoms with E-state index in [9.17, 15) is 13.2 Å². The third kappa shape index (κ3) is 2.74. The van der Waals surface area contributed by atoms with Crippen molar-refractivity contribution >= 4 is 15.9 Å². The number of nitrogens with one attached hydrogen (secondary N) is 1. The van der Waals surface area contributed by atoms with E-state index in [1.165, 1.54) is 4.31 Å². The molecule has 0 aliphatic carbocycles. The maximum absolute atomic E-state index is 12.3. The predicted octanol–water partition coefficient (Wildman–Crippen LogP) is 0.219. The molecule has 0 bridgehead atoms. The first-order valence-corrected chi connectivity index (χ1v) is 8.17. The van der Waals surface area contributed by atoms with Crippen molar-refractivity contribution in [2.75, 3.05) is 13.1 Å². The summed E-state index contributed by atoms with van der Waals surface area (Å²) in [7, 11) is -3.53. The van der Waals surface area contributed by atoms with Crippen LogP contribution in [-0.2, 0) is 14.8 Å². The highest BCUT2D eigenvalue weighted by atomic mass is 32.2. The van der Waals surface area contributed by atoms with Gasteiger partial charge in [0, 0.05) is 25.6 Å². The molecule has 3 unspecified atom stereocenters. The van der Waals surface area contributed by atoms with Crippen LogP contribution in [0.1, 0.15) is 32.6 Å². The highest BCUT2D eigenvalue weighted by Gasteiger charge is 2.40. The number of amides is 1. The predicted molar refractivity (Wildman–Crippen MR) is 69.5 cm³/mol. The summed E-state index contributed by atoms with van der Waals surface area (Å²) in [6, 6.07) is 1.96. The van der Waals surface area contributed by atoms with Gasteiger partial charge < -0.3 is 5.32 Å². The van der Waals surface area contributed by atoms with Gasteiger partial charge in [0.1, 0.15) is 0 Å². The van der Waals surface area contributed by atoms with Crippen LogP contribution in [0.3, 0.4) is 0 Å². The molecule has 7 heteroatoms. The van der Waals surface area contributed by atoms with E-state index in [0.29, 0.717) is 32.4 Å². The molecule has 2 heterocycles. The van der Waals surface area contributed by atoms with Gasteiger partial charge in [-0.3, -0.25) is 4.79 Å². The molecule has 6 nitrogen and oxygen atoms in total. The van der Waals surface area contributed by atoms with Gasteiger partial charge in [0.05, 0.1) is 6.07 Å². The average molecular weight is 285 g/mol. The number of piperidine rings is 2. The molecular weight excluding hydrogens is 266 g/mol. The fourth-order valence-electron chi connectivity index (χ4n) is 2.86. The van der Waals surface area contributed by atoms with Gasteiger partial charge in [-0.2, -0.15) is 5.26 Å². The molecule has 0 spiro atoms. The minimum absolute atomic E-state index is 0.0565. The zero-order valence-corrected chi connectivity index (χ0v) is 11.8. The van der Waals surface area contributed by atoms with Crippen LogP contribution in [0, 0.1) is 17.2 Å². The summed E-state index contributed by atoms with van der Waals surface area (Å²) in [5.41, 5.74) is 0. The van der Waals surface area contributed by atoms with Gasteiger partial charge in [-0.1, -0.05) is 6.92 Å². The summed E-state index contributed by atoms with van der Waals surface area (Å²) in [6.07, 6.45) is 2.13. The molecule has 1 amide bonds. The van der Waals surface area contributed by atoms with E-state index < -0.39 is 15.3 Å². The fourth-order valence-corrected chi connectivity index (χ4v) is 4.53. The molecule has 0 aromatic carbocycles. The van der Waals surface area contributed by atoms with E-state index in [1.807, 2.05) is 6.07 Å². The van der Waals surface area contributed by atoms with Gasteiger partial charge in [-0.05, 0) is 25.2 Å². The molecule has 3 atom stereocenters. The maximum Gasteiger partial charge on any atom is 0.230 e. The van der Waals surface area contributed by atoms with Gasteiger partial charge in [-0.15, -0.1) is 0 Å². The lowest BCUT2D eigenvalue weighted by molar-refractivity contribution is -0.124. The van der Waals surface area contributed by atoms with Crippen LogP contribution < -0.4 is 5.32 Å². The number of hydrogen-bond acceptors (Lipinski definition) is 4. The van der Waals surface area contributed by atoms with Crippen molar-refractivity contribution in [1.82, 2.24) is 9.62 Å². The number of sulfonamides is 1. The molecule has 0 saturated carbocycles. The Balaban J connectivity index is 2.09. The van der Waals surface area contributed by atoms with Crippen molar-refractivity contribution in [2.45, 2.75) is 43.9 Å². The van der Waals surface area contributed by atoms with Gasteiger partial charge in [0.25, 0.3) is 0 Å². The van der Waals surface area contributed by atoms with Crippen molar-refractivity contribution in [3.8, 4) is 6.07 Å². The van der Waals surface area contributed by atoms with Crippen LogP contribution >= 0.6 is 0 Å². The molecular formula is C12H19N3O3S. The molecule has 2 saturated heterocycles. The number of nitriles is 1. The van der Waals surface area contributed by atoms with Crippen molar-refractivity contribution < 1.29 is 13.2 Å². The normalized spacial score (nSPS) is 30.0. The van der Waals surface area contributed by atoms with Gasteiger partial charge >= 0.3 is 0 Å². The molecule has 2 aliphatic heterocycles.